The normalized spacial score (nSPS) is 12.6. The first-order valence-electron chi connectivity index (χ1n) is 5.07. The van der Waals surface area contributed by atoms with Gasteiger partial charge >= 0.3 is 0 Å². The zero-order chi connectivity index (χ0) is 12.3. The Hall–Kier alpha value is -0.813. The Bertz CT molecular complexity index is 374. The molecule has 1 rings (SSSR count). The van der Waals surface area contributed by atoms with Crippen LogP contribution >= 0.6 is 0 Å². The molecule has 0 radical (unpaired) electrons. The molecule has 0 heterocycles. The van der Waals surface area contributed by atoms with Crippen LogP contribution in [0.4, 0.5) is 13.2 Å². The molecule has 1 nitrogen and oxygen atoms in total. The van der Waals surface area contributed by atoms with Crippen LogP contribution in [0.25, 0.3) is 0 Å². The van der Waals surface area contributed by atoms with Gasteiger partial charge in [0.25, 0.3) is 0 Å². The number of halogens is 3. The van der Waals surface area contributed by atoms with E-state index in [9.17, 15) is 13.2 Å². The van der Waals surface area contributed by atoms with Gasteiger partial charge in [-0.3, -0.25) is 0 Å². The SMILES string of the molecule is CC(C)(C)O[SiH2]Cc1cc(F)c(F)cc1F. The van der Waals surface area contributed by atoms with E-state index in [0.717, 1.165) is 6.07 Å². The molecule has 16 heavy (non-hydrogen) atoms. The minimum Gasteiger partial charge on any atom is -0.419 e. The monoisotopic (exact) mass is 248 g/mol. The van der Waals surface area contributed by atoms with E-state index in [4.69, 9.17) is 4.43 Å². The summed E-state index contributed by atoms with van der Waals surface area (Å²) in [4.78, 5) is 0. The quantitative estimate of drug-likeness (QED) is 0.590. The summed E-state index contributed by atoms with van der Waals surface area (Å²) in [7, 11) is -0.970. The van der Waals surface area contributed by atoms with Gasteiger partial charge in [-0.15, -0.1) is 0 Å². The lowest BCUT2D eigenvalue weighted by Gasteiger charge is -2.19. The summed E-state index contributed by atoms with van der Waals surface area (Å²) in [5.74, 6) is -2.87. The first-order chi connectivity index (χ1) is 7.29. The average molecular weight is 248 g/mol. The van der Waals surface area contributed by atoms with Crippen LogP contribution in [0, 0.1) is 17.5 Å². The van der Waals surface area contributed by atoms with E-state index in [1.165, 1.54) is 0 Å². The Labute approximate surface area is 95.6 Å². The highest BCUT2D eigenvalue weighted by Gasteiger charge is 2.13. The molecule has 0 aliphatic heterocycles. The number of hydrogen-bond acceptors (Lipinski definition) is 1. The third kappa shape index (κ3) is 3.98. The van der Waals surface area contributed by atoms with E-state index < -0.39 is 27.2 Å². The smallest absolute Gasteiger partial charge is 0.166 e. The van der Waals surface area contributed by atoms with Gasteiger partial charge in [-0.2, -0.15) is 0 Å². The van der Waals surface area contributed by atoms with Gasteiger partial charge in [-0.25, -0.2) is 13.2 Å². The molecule has 0 atom stereocenters. The highest BCUT2D eigenvalue weighted by Crippen LogP contribution is 2.14. The van der Waals surface area contributed by atoms with E-state index in [1.54, 1.807) is 0 Å². The maximum atomic E-state index is 13.2. The summed E-state index contributed by atoms with van der Waals surface area (Å²) < 4.78 is 44.2. The lowest BCUT2D eigenvalue weighted by molar-refractivity contribution is 0.137. The van der Waals surface area contributed by atoms with Crippen LogP contribution in [0.15, 0.2) is 12.1 Å². The van der Waals surface area contributed by atoms with Crippen molar-refractivity contribution in [3.63, 3.8) is 0 Å². The molecule has 0 aliphatic carbocycles. The summed E-state index contributed by atoms with van der Waals surface area (Å²) in [5.41, 5.74) is -0.0730. The molecule has 0 N–H and O–H groups in total. The van der Waals surface area contributed by atoms with Gasteiger partial charge < -0.3 is 4.43 Å². The molecule has 0 saturated carbocycles. The lowest BCUT2D eigenvalue weighted by atomic mass is 10.2. The first kappa shape index (κ1) is 13.3. The molecule has 1 aromatic carbocycles. The van der Waals surface area contributed by atoms with Gasteiger partial charge in [-0.05, 0) is 38.4 Å². The minimum atomic E-state index is -1.15. The van der Waals surface area contributed by atoms with Crippen LogP contribution in [0.5, 0.6) is 0 Å². The van der Waals surface area contributed by atoms with Crippen LogP contribution in [0.3, 0.4) is 0 Å². The second kappa shape index (κ2) is 5.01. The summed E-state index contributed by atoms with van der Waals surface area (Å²) in [5, 5.41) is 0. The molecular weight excluding hydrogens is 233 g/mol. The molecule has 0 bridgehead atoms. The maximum Gasteiger partial charge on any atom is 0.166 e. The molecular formula is C11H15F3OSi. The van der Waals surface area contributed by atoms with Crippen molar-refractivity contribution in [3.05, 3.63) is 35.1 Å². The minimum absolute atomic E-state index is 0.190. The maximum absolute atomic E-state index is 13.2. The van der Waals surface area contributed by atoms with Crippen molar-refractivity contribution in [2.24, 2.45) is 0 Å². The van der Waals surface area contributed by atoms with Crippen molar-refractivity contribution in [1.82, 2.24) is 0 Å². The van der Waals surface area contributed by atoms with Crippen molar-refractivity contribution in [2.75, 3.05) is 0 Å². The lowest BCUT2D eigenvalue weighted by Crippen LogP contribution is -2.23. The Morgan fingerprint density at radius 1 is 1.06 bits per heavy atom. The zero-order valence-corrected chi connectivity index (χ0v) is 11.0. The van der Waals surface area contributed by atoms with E-state index in [0.29, 0.717) is 12.1 Å². The standard InChI is InChI=1S/C11H15F3OSi/c1-11(2,3)15-16-6-7-4-9(13)10(14)5-8(7)12/h4-5H,6,16H2,1-3H3. The molecule has 0 fully saturated rings. The van der Waals surface area contributed by atoms with Crippen molar-refractivity contribution in [2.45, 2.75) is 32.4 Å². The van der Waals surface area contributed by atoms with Gasteiger partial charge in [0.1, 0.15) is 5.82 Å². The van der Waals surface area contributed by atoms with Gasteiger partial charge in [-0.1, -0.05) is 0 Å². The molecule has 0 spiro atoms. The molecule has 0 unspecified atom stereocenters. The Morgan fingerprint density at radius 2 is 1.62 bits per heavy atom. The molecule has 1 aromatic rings. The fraction of sp³-hybridized carbons (Fsp3) is 0.455. The van der Waals surface area contributed by atoms with Crippen molar-refractivity contribution < 1.29 is 17.6 Å². The van der Waals surface area contributed by atoms with Crippen LogP contribution in [0.2, 0.25) is 0 Å². The molecule has 90 valence electrons. The molecule has 0 aromatic heterocycles. The van der Waals surface area contributed by atoms with Crippen LogP contribution in [0.1, 0.15) is 26.3 Å². The summed E-state index contributed by atoms with van der Waals surface area (Å²) in [6.07, 6.45) is 0. The summed E-state index contributed by atoms with van der Waals surface area (Å²) >= 11 is 0. The fourth-order valence-corrected chi connectivity index (χ4v) is 2.54. The topological polar surface area (TPSA) is 9.23 Å². The second-order valence-corrected chi connectivity index (χ2v) is 5.77. The molecule has 5 heteroatoms. The zero-order valence-electron chi connectivity index (χ0n) is 9.61. The average Bonchev–Trinajstić information content (AvgIpc) is 2.11. The van der Waals surface area contributed by atoms with E-state index >= 15 is 0 Å². The van der Waals surface area contributed by atoms with Crippen LogP contribution < -0.4 is 0 Å². The highest BCUT2D eigenvalue weighted by molar-refractivity contribution is 6.26. The van der Waals surface area contributed by atoms with Gasteiger partial charge in [0.2, 0.25) is 0 Å². The third-order valence-corrected chi connectivity index (χ3v) is 3.81. The second-order valence-electron chi connectivity index (χ2n) is 4.57. The number of benzene rings is 1. The van der Waals surface area contributed by atoms with Crippen molar-refractivity contribution in [1.29, 1.82) is 0 Å². The third-order valence-electron chi connectivity index (χ3n) is 2.00. The van der Waals surface area contributed by atoms with E-state index in [-0.39, 0.29) is 11.2 Å². The van der Waals surface area contributed by atoms with Crippen LogP contribution in [-0.4, -0.2) is 15.4 Å². The van der Waals surface area contributed by atoms with Gasteiger partial charge in [0.15, 0.2) is 21.4 Å². The molecule has 0 saturated heterocycles. The Kier molecular flexibility index (Phi) is 4.15. The van der Waals surface area contributed by atoms with Gasteiger partial charge in [0, 0.05) is 11.7 Å². The molecule has 0 aliphatic rings. The highest BCUT2D eigenvalue weighted by atomic mass is 28.2. The van der Waals surface area contributed by atoms with Crippen molar-refractivity contribution >= 4 is 9.76 Å². The largest absolute Gasteiger partial charge is 0.419 e. The predicted molar refractivity (Wildman–Crippen MR) is 59.4 cm³/mol. The number of hydrogen-bond donors (Lipinski definition) is 0. The number of rotatable bonds is 3. The first-order valence-corrected chi connectivity index (χ1v) is 6.65. The predicted octanol–water partition coefficient (Wildman–Crippen LogP) is 2.50. The van der Waals surface area contributed by atoms with E-state index in [1.807, 2.05) is 20.8 Å². The molecule has 0 amide bonds. The van der Waals surface area contributed by atoms with Gasteiger partial charge in [0.05, 0.1) is 0 Å². The van der Waals surface area contributed by atoms with Crippen LogP contribution in [-0.2, 0) is 10.5 Å². The Balaban J connectivity index is 2.64. The fourth-order valence-electron chi connectivity index (χ4n) is 1.22. The summed E-state index contributed by atoms with van der Waals surface area (Å²) in [6, 6.07) is 1.85. The Morgan fingerprint density at radius 3 is 2.19 bits per heavy atom. The van der Waals surface area contributed by atoms with Crippen molar-refractivity contribution in [3.8, 4) is 0 Å². The van der Waals surface area contributed by atoms with E-state index in [2.05, 4.69) is 0 Å². The summed E-state index contributed by atoms with van der Waals surface area (Å²) in [6.45, 7) is 5.71.